The van der Waals surface area contributed by atoms with Crippen LogP contribution in [-0.2, 0) is 16.7 Å². The van der Waals surface area contributed by atoms with Crippen LogP contribution in [0.5, 0.6) is 0 Å². The number of carbonyl (C=O) groups excluding carboxylic acids is 1. The Morgan fingerprint density at radius 3 is 2.49 bits per heavy atom. The van der Waals surface area contributed by atoms with Crippen LogP contribution in [0.4, 0.5) is 5.82 Å². The molecule has 188 valence electrons. The highest BCUT2D eigenvalue weighted by Gasteiger charge is 2.42. The number of methoxy groups -OCH3 is 1. The summed E-state index contributed by atoms with van der Waals surface area (Å²) in [5.41, 5.74) is 3.40. The standard InChI is InChI=1S/C29H38ClN3O2/c1-20-13-21-15-22(14-20)18-29(2,17-21)24-7-6-23(26(30)16-24)19-32-9-11-33(12-10-32)27-25(28(34)35-3)5-4-8-31-27/h4-8,16,20-22H,9-15,17-19H2,1-3H3. The van der Waals surface area contributed by atoms with Crippen molar-refractivity contribution in [1.29, 1.82) is 0 Å². The summed E-state index contributed by atoms with van der Waals surface area (Å²) in [6.45, 7) is 9.17. The molecule has 0 radical (unpaired) electrons. The summed E-state index contributed by atoms with van der Waals surface area (Å²) in [7, 11) is 1.41. The number of carbonyl (C=O) groups is 1. The first-order chi connectivity index (χ1) is 16.8. The first kappa shape index (κ1) is 24.6. The molecule has 1 saturated heterocycles. The van der Waals surface area contributed by atoms with Crippen LogP contribution in [0.15, 0.2) is 36.5 Å². The van der Waals surface area contributed by atoms with Crippen LogP contribution >= 0.6 is 11.6 Å². The monoisotopic (exact) mass is 495 g/mol. The van der Waals surface area contributed by atoms with E-state index >= 15 is 0 Å². The molecule has 0 spiro atoms. The summed E-state index contributed by atoms with van der Waals surface area (Å²) >= 11 is 6.87. The molecule has 2 saturated carbocycles. The number of aromatic nitrogens is 1. The number of hydrogen-bond donors (Lipinski definition) is 0. The lowest BCUT2D eigenvalue weighted by Crippen LogP contribution is -2.46. The fourth-order valence-electron chi connectivity index (χ4n) is 7.15. The first-order valence-corrected chi connectivity index (χ1v) is 13.5. The lowest BCUT2D eigenvalue weighted by Gasteiger charge is -2.47. The van der Waals surface area contributed by atoms with Crippen LogP contribution in [-0.4, -0.2) is 49.1 Å². The zero-order chi connectivity index (χ0) is 24.6. The maximum absolute atomic E-state index is 12.1. The molecule has 1 aromatic heterocycles. The van der Waals surface area contributed by atoms with E-state index in [0.29, 0.717) is 11.4 Å². The maximum Gasteiger partial charge on any atom is 0.341 e. The molecule has 35 heavy (non-hydrogen) atoms. The summed E-state index contributed by atoms with van der Waals surface area (Å²) < 4.78 is 4.94. The van der Waals surface area contributed by atoms with Crippen LogP contribution in [0.25, 0.3) is 0 Å². The molecule has 1 aliphatic heterocycles. The van der Waals surface area contributed by atoms with Crippen molar-refractivity contribution in [2.75, 3.05) is 38.2 Å². The molecule has 2 bridgehead atoms. The van der Waals surface area contributed by atoms with Gasteiger partial charge in [0.25, 0.3) is 0 Å². The third-order valence-electron chi connectivity index (χ3n) is 8.62. The van der Waals surface area contributed by atoms with Crippen molar-refractivity contribution in [3.05, 3.63) is 58.2 Å². The summed E-state index contributed by atoms with van der Waals surface area (Å²) in [5.74, 6) is 3.00. The van der Waals surface area contributed by atoms with Crippen molar-refractivity contribution in [1.82, 2.24) is 9.88 Å². The minimum atomic E-state index is -0.341. The Morgan fingerprint density at radius 1 is 1.11 bits per heavy atom. The second-order valence-electron chi connectivity index (χ2n) is 11.4. The fraction of sp³-hybridized carbons (Fsp3) is 0.586. The van der Waals surface area contributed by atoms with E-state index in [1.807, 2.05) is 0 Å². The molecule has 5 rings (SSSR count). The molecule has 5 nitrogen and oxygen atoms in total. The van der Waals surface area contributed by atoms with Gasteiger partial charge in [-0.15, -0.1) is 0 Å². The molecule has 2 heterocycles. The van der Waals surface area contributed by atoms with Gasteiger partial charge in [-0.25, -0.2) is 9.78 Å². The average Bonchev–Trinajstić information content (AvgIpc) is 2.84. The zero-order valence-electron chi connectivity index (χ0n) is 21.3. The largest absolute Gasteiger partial charge is 0.465 e. The highest BCUT2D eigenvalue weighted by Crippen LogP contribution is 2.51. The van der Waals surface area contributed by atoms with Gasteiger partial charge in [0.05, 0.1) is 7.11 Å². The smallest absolute Gasteiger partial charge is 0.341 e. The van der Waals surface area contributed by atoms with Gasteiger partial charge < -0.3 is 9.64 Å². The van der Waals surface area contributed by atoms with E-state index in [0.717, 1.165) is 55.5 Å². The highest BCUT2D eigenvalue weighted by atomic mass is 35.5. The minimum absolute atomic E-state index is 0.252. The molecule has 2 atom stereocenters. The molecular formula is C29H38ClN3O2. The summed E-state index contributed by atoms with van der Waals surface area (Å²) in [5, 5.41) is 0.896. The number of piperazine rings is 1. The number of nitrogens with zero attached hydrogens (tertiary/aromatic N) is 3. The Balaban J connectivity index is 1.22. The molecule has 0 N–H and O–H groups in total. The topological polar surface area (TPSA) is 45.7 Å². The number of esters is 1. The number of ether oxygens (including phenoxy) is 1. The van der Waals surface area contributed by atoms with E-state index in [1.165, 1.54) is 50.3 Å². The van der Waals surface area contributed by atoms with Crippen molar-refractivity contribution < 1.29 is 9.53 Å². The molecule has 6 heteroatoms. The predicted molar refractivity (Wildman–Crippen MR) is 141 cm³/mol. The lowest BCUT2D eigenvalue weighted by molar-refractivity contribution is 0.0600. The third kappa shape index (κ3) is 5.22. The van der Waals surface area contributed by atoms with Gasteiger partial charge in [0, 0.05) is 43.9 Å². The Labute approximate surface area is 214 Å². The first-order valence-electron chi connectivity index (χ1n) is 13.1. The fourth-order valence-corrected chi connectivity index (χ4v) is 7.39. The second-order valence-corrected chi connectivity index (χ2v) is 11.9. The van der Waals surface area contributed by atoms with Crippen molar-refractivity contribution >= 4 is 23.4 Å². The van der Waals surface area contributed by atoms with Crippen molar-refractivity contribution in [3.63, 3.8) is 0 Å². The number of anilines is 1. The number of fused-ring (bicyclic) bond motifs is 2. The molecule has 1 aromatic carbocycles. The number of benzene rings is 1. The van der Waals surface area contributed by atoms with Crippen LogP contribution < -0.4 is 4.90 Å². The zero-order valence-corrected chi connectivity index (χ0v) is 22.1. The van der Waals surface area contributed by atoms with E-state index < -0.39 is 0 Å². The molecule has 2 aliphatic carbocycles. The second kappa shape index (κ2) is 10.1. The normalized spacial score (nSPS) is 29.1. The number of hydrogen-bond acceptors (Lipinski definition) is 5. The van der Waals surface area contributed by atoms with Crippen LogP contribution in [0, 0.1) is 17.8 Å². The predicted octanol–water partition coefficient (Wildman–Crippen LogP) is 5.95. The Kier molecular flexibility index (Phi) is 7.09. The van der Waals surface area contributed by atoms with Crippen LogP contribution in [0.1, 0.15) is 67.4 Å². The van der Waals surface area contributed by atoms with Gasteiger partial charge in [0.2, 0.25) is 0 Å². The summed E-state index contributed by atoms with van der Waals surface area (Å²) in [6.07, 6.45) is 8.54. The highest BCUT2D eigenvalue weighted by molar-refractivity contribution is 6.31. The number of rotatable bonds is 5. The molecule has 3 fully saturated rings. The number of halogens is 1. The van der Waals surface area contributed by atoms with E-state index in [2.05, 4.69) is 46.8 Å². The van der Waals surface area contributed by atoms with Crippen molar-refractivity contribution in [2.45, 2.75) is 57.9 Å². The van der Waals surface area contributed by atoms with Gasteiger partial charge in [-0.3, -0.25) is 4.90 Å². The van der Waals surface area contributed by atoms with Gasteiger partial charge in [-0.2, -0.15) is 0 Å². The molecule has 2 unspecified atom stereocenters. The summed E-state index contributed by atoms with van der Waals surface area (Å²) in [4.78, 5) is 21.2. The minimum Gasteiger partial charge on any atom is -0.465 e. The van der Waals surface area contributed by atoms with Crippen molar-refractivity contribution in [2.24, 2.45) is 17.8 Å². The average molecular weight is 496 g/mol. The molecule has 0 amide bonds. The van der Waals surface area contributed by atoms with E-state index in [9.17, 15) is 4.79 Å². The molecule has 3 aliphatic rings. The molecular weight excluding hydrogens is 458 g/mol. The van der Waals surface area contributed by atoms with Gasteiger partial charge in [0.1, 0.15) is 11.4 Å². The Morgan fingerprint density at radius 2 is 1.83 bits per heavy atom. The van der Waals surface area contributed by atoms with Crippen LogP contribution in [0.2, 0.25) is 5.02 Å². The summed E-state index contributed by atoms with van der Waals surface area (Å²) in [6, 6.07) is 10.4. The molecule has 2 aromatic rings. The van der Waals surface area contributed by atoms with Gasteiger partial charge >= 0.3 is 5.97 Å². The SMILES string of the molecule is COC(=O)c1cccnc1N1CCN(Cc2ccc(C3(C)CC4CC(C)CC(C4)C3)cc2Cl)CC1. The quantitative estimate of drug-likeness (QED) is 0.480. The Bertz CT molecular complexity index is 1050. The van der Waals surface area contributed by atoms with Gasteiger partial charge in [-0.05, 0) is 84.6 Å². The van der Waals surface area contributed by atoms with E-state index in [4.69, 9.17) is 16.3 Å². The lowest BCUT2D eigenvalue weighted by atomic mass is 9.57. The van der Waals surface area contributed by atoms with E-state index in [1.54, 1.807) is 18.3 Å². The third-order valence-corrected chi connectivity index (χ3v) is 8.98. The van der Waals surface area contributed by atoms with Crippen molar-refractivity contribution in [3.8, 4) is 0 Å². The van der Waals surface area contributed by atoms with E-state index in [-0.39, 0.29) is 11.4 Å². The number of pyridine rings is 1. The van der Waals surface area contributed by atoms with Gasteiger partial charge in [-0.1, -0.05) is 37.6 Å². The maximum atomic E-state index is 12.1. The van der Waals surface area contributed by atoms with Gasteiger partial charge in [0.15, 0.2) is 0 Å². The van der Waals surface area contributed by atoms with Crippen LogP contribution in [0.3, 0.4) is 0 Å². The Hall–Kier alpha value is -2.11.